The van der Waals surface area contributed by atoms with Crippen LogP contribution < -0.4 is 10.9 Å². The van der Waals surface area contributed by atoms with E-state index in [0.29, 0.717) is 43.3 Å². The number of imidazole rings is 1. The summed E-state index contributed by atoms with van der Waals surface area (Å²) < 4.78 is 58.7. The highest BCUT2D eigenvalue weighted by Gasteiger charge is 2.41. The van der Waals surface area contributed by atoms with Crippen molar-refractivity contribution in [1.29, 1.82) is 5.41 Å². The van der Waals surface area contributed by atoms with E-state index in [1.165, 1.54) is 0 Å². The zero-order valence-electron chi connectivity index (χ0n) is 20.8. The third-order valence-corrected chi connectivity index (χ3v) is 8.89. The molecule has 1 amide bonds. The second-order valence-corrected chi connectivity index (χ2v) is 11.5. The topological polar surface area (TPSA) is 62.8 Å². The number of amides is 1. The maximum Gasteiger partial charge on any atom is 0.223 e. The molecule has 35 heavy (non-hydrogen) atoms. The van der Waals surface area contributed by atoms with Gasteiger partial charge in [0.1, 0.15) is 18.5 Å². The summed E-state index contributed by atoms with van der Waals surface area (Å²) in [6, 6.07) is 0. The molecule has 3 fully saturated rings. The summed E-state index contributed by atoms with van der Waals surface area (Å²) in [5.41, 5.74) is 0.407. The number of carbonyl (C=O) groups excluding carboxylic acids is 1. The third-order valence-electron chi connectivity index (χ3n) is 8.89. The van der Waals surface area contributed by atoms with Gasteiger partial charge in [-0.2, -0.15) is 0 Å². The molecule has 3 aliphatic carbocycles. The summed E-state index contributed by atoms with van der Waals surface area (Å²) in [6.45, 7) is 2.93. The van der Waals surface area contributed by atoms with Crippen molar-refractivity contribution >= 4 is 5.91 Å². The smallest absolute Gasteiger partial charge is 0.223 e. The first-order valence-electron chi connectivity index (χ1n) is 13.2. The Bertz CT molecular complexity index is 907. The number of aromatic nitrogens is 2. The summed E-state index contributed by atoms with van der Waals surface area (Å²) >= 11 is 0. The molecule has 0 aliphatic heterocycles. The minimum atomic E-state index is -2.07. The fourth-order valence-electron chi connectivity index (χ4n) is 6.98. The van der Waals surface area contributed by atoms with Crippen molar-refractivity contribution in [3.05, 3.63) is 18.0 Å². The van der Waals surface area contributed by atoms with Gasteiger partial charge in [0.2, 0.25) is 11.5 Å². The second-order valence-electron chi connectivity index (χ2n) is 11.5. The zero-order chi connectivity index (χ0) is 25.3. The lowest BCUT2D eigenvalue weighted by molar-refractivity contribution is -0.128. The molecule has 5 nitrogen and oxygen atoms in total. The number of carbonyl (C=O) groups is 1. The van der Waals surface area contributed by atoms with Gasteiger partial charge in [0.15, 0.2) is 6.17 Å². The monoisotopic (exact) mass is 500 g/mol. The van der Waals surface area contributed by atoms with Crippen LogP contribution in [0.4, 0.5) is 17.6 Å². The van der Waals surface area contributed by atoms with Gasteiger partial charge in [-0.05, 0) is 81.0 Å². The standard InChI is InChI=1S/C26H40F4N4O/c1-15-7-20(27)3-4-21(15)18-8-17(14-34-6-5-33(2)26(34)31)9-19(12-18)25(35)32-13-16-10-22(28)24(30)23(29)11-16/h5-6,15-24,31H,3-4,7-14H2,1-2H3,(H,32,35). The first-order valence-corrected chi connectivity index (χ1v) is 13.2. The van der Waals surface area contributed by atoms with Crippen molar-refractivity contribution in [1.82, 2.24) is 14.5 Å². The van der Waals surface area contributed by atoms with Crippen molar-refractivity contribution in [2.75, 3.05) is 6.54 Å². The summed E-state index contributed by atoms with van der Waals surface area (Å²) in [7, 11) is 1.83. The number of alkyl halides is 4. The lowest BCUT2D eigenvalue weighted by atomic mass is 9.63. The lowest BCUT2D eigenvalue weighted by Gasteiger charge is -2.43. The highest BCUT2D eigenvalue weighted by Crippen LogP contribution is 2.45. The van der Waals surface area contributed by atoms with Crippen molar-refractivity contribution in [2.45, 2.75) is 89.5 Å². The van der Waals surface area contributed by atoms with E-state index in [-0.39, 0.29) is 43.0 Å². The van der Waals surface area contributed by atoms with E-state index >= 15 is 0 Å². The number of rotatable bonds is 6. The fourth-order valence-corrected chi connectivity index (χ4v) is 6.98. The van der Waals surface area contributed by atoms with E-state index < -0.39 is 30.6 Å². The average molecular weight is 501 g/mol. The van der Waals surface area contributed by atoms with Crippen molar-refractivity contribution in [3.63, 3.8) is 0 Å². The van der Waals surface area contributed by atoms with Crippen LogP contribution in [0.3, 0.4) is 0 Å². The van der Waals surface area contributed by atoms with Gasteiger partial charge in [-0.15, -0.1) is 0 Å². The number of hydrogen-bond acceptors (Lipinski definition) is 2. The fraction of sp³-hybridized carbons (Fsp3) is 0.846. The zero-order valence-corrected chi connectivity index (χ0v) is 20.8. The van der Waals surface area contributed by atoms with Crippen LogP contribution in [0, 0.1) is 40.9 Å². The minimum Gasteiger partial charge on any atom is -0.356 e. The Hall–Kier alpha value is -1.80. The Balaban J connectivity index is 1.42. The van der Waals surface area contributed by atoms with Crippen LogP contribution in [-0.2, 0) is 18.4 Å². The molecule has 3 saturated carbocycles. The van der Waals surface area contributed by atoms with Gasteiger partial charge in [0.25, 0.3) is 0 Å². The average Bonchev–Trinajstić information content (AvgIpc) is 3.12. The van der Waals surface area contributed by atoms with Crippen LogP contribution in [0.2, 0.25) is 0 Å². The first-order chi connectivity index (χ1) is 16.6. The minimum absolute atomic E-state index is 0.0707. The van der Waals surface area contributed by atoms with Crippen molar-refractivity contribution in [2.24, 2.45) is 42.6 Å². The van der Waals surface area contributed by atoms with Crippen molar-refractivity contribution in [3.8, 4) is 0 Å². The molecule has 8 unspecified atom stereocenters. The van der Waals surface area contributed by atoms with Crippen LogP contribution in [-0.4, -0.2) is 46.3 Å². The Morgan fingerprint density at radius 2 is 1.71 bits per heavy atom. The number of nitrogens with one attached hydrogen (secondary N) is 2. The molecule has 0 spiro atoms. The molecule has 0 radical (unpaired) electrons. The Kier molecular flexibility index (Phi) is 8.31. The molecule has 2 N–H and O–H groups in total. The van der Waals surface area contributed by atoms with Gasteiger partial charge >= 0.3 is 0 Å². The summed E-state index contributed by atoms with van der Waals surface area (Å²) in [6.07, 6.45) is 1.48. The SMILES string of the molecule is CC1CC(F)CCC1C1CC(Cn2ccn(C)c2=N)CC(C(=O)NCC2CC(F)C(F)C(F)C2)C1. The number of nitrogens with zero attached hydrogens (tertiary/aromatic N) is 2. The molecule has 8 atom stereocenters. The molecule has 0 bridgehead atoms. The summed E-state index contributed by atoms with van der Waals surface area (Å²) in [5.74, 6) is 0.409. The maximum atomic E-state index is 14.0. The van der Waals surface area contributed by atoms with E-state index in [0.717, 1.165) is 19.3 Å². The van der Waals surface area contributed by atoms with Gasteiger partial charge in [0, 0.05) is 38.4 Å². The Labute approximate surface area is 205 Å². The number of aryl methyl sites for hydroxylation is 1. The molecule has 4 rings (SSSR count). The van der Waals surface area contributed by atoms with Gasteiger partial charge in [-0.3, -0.25) is 10.2 Å². The molecule has 0 saturated heterocycles. The van der Waals surface area contributed by atoms with Crippen LogP contribution >= 0.6 is 0 Å². The summed E-state index contributed by atoms with van der Waals surface area (Å²) in [4.78, 5) is 13.2. The molecule has 1 aromatic heterocycles. The largest absolute Gasteiger partial charge is 0.356 e. The Morgan fingerprint density at radius 1 is 1.00 bits per heavy atom. The number of hydrogen-bond donors (Lipinski definition) is 2. The van der Waals surface area contributed by atoms with E-state index in [9.17, 15) is 22.4 Å². The van der Waals surface area contributed by atoms with E-state index in [4.69, 9.17) is 5.41 Å². The van der Waals surface area contributed by atoms with E-state index in [1.54, 1.807) is 4.57 Å². The van der Waals surface area contributed by atoms with E-state index in [2.05, 4.69) is 12.2 Å². The van der Waals surface area contributed by atoms with Gasteiger partial charge in [0.05, 0.1) is 0 Å². The van der Waals surface area contributed by atoms with Gasteiger partial charge in [-0.25, -0.2) is 17.6 Å². The molecular formula is C26H40F4N4O. The lowest BCUT2D eigenvalue weighted by Crippen LogP contribution is -2.44. The van der Waals surface area contributed by atoms with Crippen LogP contribution in [0.15, 0.2) is 12.4 Å². The number of halogens is 4. The molecular weight excluding hydrogens is 460 g/mol. The van der Waals surface area contributed by atoms with Crippen molar-refractivity contribution < 1.29 is 22.4 Å². The van der Waals surface area contributed by atoms with Crippen LogP contribution in [0.1, 0.15) is 58.3 Å². The molecule has 198 valence electrons. The Morgan fingerprint density at radius 3 is 2.34 bits per heavy atom. The molecule has 3 aliphatic rings. The first kappa shape index (κ1) is 26.3. The highest BCUT2D eigenvalue weighted by molar-refractivity contribution is 5.78. The quantitative estimate of drug-likeness (QED) is 0.549. The normalized spacial score (nSPS) is 40.4. The second kappa shape index (κ2) is 11.1. The van der Waals surface area contributed by atoms with E-state index in [1.807, 2.05) is 24.0 Å². The van der Waals surface area contributed by atoms with Crippen LogP contribution in [0.5, 0.6) is 0 Å². The summed E-state index contributed by atoms with van der Waals surface area (Å²) in [5, 5.41) is 11.2. The maximum absolute atomic E-state index is 14.0. The molecule has 9 heteroatoms. The predicted octanol–water partition coefficient (Wildman–Crippen LogP) is 4.65. The third kappa shape index (κ3) is 6.13. The highest BCUT2D eigenvalue weighted by atomic mass is 19.2. The molecule has 1 aromatic rings. The van der Waals surface area contributed by atoms with Gasteiger partial charge < -0.3 is 14.5 Å². The van der Waals surface area contributed by atoms with Gasteiger partial charge in [-0.1, -0.05) is 6.92 Å². The molecule has 1 heterocycles. The van der Waals surface area contributed by atoms with Crippen LogP contribution in [0.25, 0.3) is 0 Å². The predicted molar refractivity (Wildman–Crippen MR) is 125 cm³/mol. The molecule has 0 aromatic carbocycles.